The molecule has 2 aliphatic heterocycles. The minimum absolute atomic E-state index is 0.0205. The van der Waals surface area contributed by atoms with E-state index in [2.05, 4.69) is 39.1 Å². The number of aliphatic hydroxyl groups is 1. The van der Waals surface area contributed by atoms with E-state index >= 15 is 0 Å². The van der Waals surface area contributed by atoms with Crippen LogP contribution in [0.25, 0.3) is 15.4 Å². The van der Waals surface area contributed by atoms with Gasteiger partial charge in [0.25, 0.3) is 0 Å². The van der Waals surface area contributed by atoms with Gasteiger partial charge in [0.05, 0.1) is 69.4 Å². The molecule has 2 aromatic carbocycles. The van der Waals surface area contributed by atoms with Crippen LogP contribution < -0.4 is 10.6 Å². The first-order valence-electron chi connectivity index (χ1n) is 26.0. The Morgan fingerprint density at radius 1 is 0.857 bits per heavy atom. The molecule has 77 heavy (non-hydrogen) atoms. The van der Waals surface area contributed by atoms with Crippen molar-refractivity contribution in [1.82, 2.24) is 39.6 Å². The van der Waals surface area contributed by atoms with Crippen LogP contribution in [0.5, 0.6) is 0 Å². The monoisotopic (exact) mass is 1120 g/mol. The van der Waals surface area contributed by atoms with E-state index in [4.69, 9.17) is 40.3 Å². The fraction of sp³-hybridized carbons (Fsp3) is 0.527. The number of aliphatic hydroxyl groups excluding tert-OH is 1. The highest BCUT2D eigenvalue weighted by molar-refractivity contribution is 7.15. The van der Waals surface area contributed by atoms with Crippen LogP contribution in [0.4, 0.5) is 0 Å². The number of hydrogen-bond acceptors (Lipinski definition) is 16. The van der Waals surface area contributed by atoms with Crippen LogP contribution in [-0.2, 0) is 49.4 Å². The number of likely N-dealkylation sites (tertiary alicyclic amines) is 1. The number of carbonyl (C=O) groups is 4. The van der Waals surface area contributed by atoms with Crippen molar-refractivity contribution in [1.29, 1.82) is 0 Å². The van der Waals surface area contributed by atoms with Gasteiger partial charge in [-0.25, -0.2) is 4.37 Å². The minimum atomic E-state index is -0.970. The number of nitrogens with zero attached hydrogens (tertiary/aromatic N) is 7. The minimum Gasteiger partial charge on any atom is -0.391 e. The van der Waals surface area contributed by atoms with Gasteiger partial charge >= 0.3 is 0 Å². The molecule has 7 rings (SSSR count). The zero-order valence-electron chi connectivity index (χ0n) is 45.3. The van der Waals surface area contributed by atoms with Gasteiger partial charge in [-0.15, -0.1) is 21.5 Å². The largest absolute Gasteiger partial charge is 0.391 e. The van der Waals surface area contributed by atoms with E-state index in [0.29, 0.717) is 70.1 Å². The molecule has 1 saturated heterocycles. The average molecular weight is 1120 g/mol. The smallest absolute Gasteiger partial charge is 0.246 e. The maximum absolute atomic E-state index is 14.0. The van der Waals surface area contributed by atoms with Crippen molar-refractivity contribution >= 4 is 63.8 Å². The molecular formula is C55H72ClN9O10S2. The predicted octanol–water partition coefficient (Wildman–Crippen LogP) is 6.36. The molecule has 22 heteroatoms. The van der Waals surface area contributed by atoms with Crippen LogP contribution in [0.3, 0.4) is 0 Å². The molecule has 2 aliphatic rings. The number of likely N-dealkylation sites (N-methyl/N-ethyl adjacent to an activating group) is 1. The SMILES string of the molecule is Cc1cnsc1-c1ccc(CNC(=O)[C@@H]2C[C@@H](O)CN2C(=O)[C@@H](NC(=O)COCCOCCOCCCOCCOCCN(C)C(=O)C[C@@H]2N=C(c3ccc(Cl)cc3)c3c(sc(C)c3C)-n3c(C)nnc32)C(C)(C)C)cc1. The Hall–Kier alpha value is -5.49. The lowest BCUT2D eigenvalue weighted by molar-refractivity contribution is -0.144. The van der Waals surface area contributed by atoms with E-state index in [-0.39, 0.29) is 57.6 Å². The standard InChI is InChI=1S/C55H72ClN9O10S2/c1-34-30-58-77-49(34)40-12-10-38(11-13-40)31-57-52(69)44-28-42(66)32-64(44)53(70)50(55(5,6)7)60-45(67)33-75-27-26-74-25-23-72-20-9-19-71-22-24-73-21-18-63(8)46(68)29-43-51-62-61-37(4)65(51)54-47(35(2)36(3)76-54)48(59-43)39-14-16-41(56)17-15-39/h10-17,30,42-44,50,66H,9,18-29,31-33H2,1-8H3,(H,57,69)(H,60,67)/t42-,43+,44+,50-/m1/s1. The van der Waals surface area contributed by atoms with Gasteiger partial charge in [-0.05, 0) is 85.4 Å². The summed E-state index contributed by atoms with van der Waals surface area (Å²) in [5.74, 6) is -0.0289. The molecule has 416 valence electrons. The Bertz CT molecular complexity index is 2810. The van der Waals surface area contributed by atoms with E-state index in [1.807, 2.05) is 93.9 Å². The Kier molecular flexibility index (Phi) is 21.4. The highest BCUT2D eigenvalue weighted by atomic mass is 35.5. The van der Waals surface area contributed by atoms with Crippen LogP contribution in [0.2, 0.25) is 5.02 Å². The number of aliphatic imine (C=N–C) groups is 1. The normalized spacial score (nSPS) is 16.6. The quantitative estimate of drug-likeness (QED) is 0.0488. The maximum Gasteiger partial charge on any atom is 0.246 e. The second kappa shape index (κ2) is 27.9. The van der Waals surface area contributed by atoms with Crippen LogP contribution in [-0.4, -0.2) is 168 Å². The van der Waals surface area contributed by atoms with Crippen molar-refractivity contribution in [2.75, 3.05) is 86.2 Å². The number of nitrogens with one attached hydrogen (secondary N) is 2. The van der Waals surface area contributed by atoms with Crippen molar-refractivity contribution in [3.63, 3.8) is 0 Å². The van der Waals surface area contributed by atoms with Crippen molar-refractivity contribution < 1.29 is 48.0 Å². The molecule has 0 spiro atoms. The van der Waals surface area contributed by atoms with Gasteiger partial charge in [0, 0.05) is 73.5 Å². The summed E-state index contributed by atoms with van der Waals surface area (Å²) < 4.78 is 34.5. The lowest BCUT2D eigenvalue weighted by Crippen LogP contribution is -2.58. The van der Waals surface area contributed by atoms with Gasteiger partial charge in [-0.3, -0.25) is 28.7 Å². The van der Waals surface area contributed by atoms with Gasteiger partial charge in [-0.2, -0.15) is 0 Å². The number of fused-ring (bicyclic) bond motifs is 3. The molecule has 0 aliphatic carbocycles. The van der Waals surface area contributed by atoms with E-state index in [9.17, 15) is 24.3 Å². The fourth-order valence-corrected chi connectivity index (χ4v) is 11.0. The average Bonchev–Trinajstić information content (AvgIpc) is 4.34. The van der Waals surface area contributed by atoms with Gasteiger partial charge in [0.1, 0.15) is 35.6 Å². The first-order chi connectivity index (χ1) is 36.9. The van der Waals surface area contributed by atoms with Gasteiger partial charge < -0.3 is 49.2 Å². The molecule has 0 radical (unpaired) electrons. The van der Waals surface area contributed by atoms with Crippen LogP contribution >= 0.6 is 34.5 Å². The number of aromatic nitrogens is 4. The van der Waals surface area contributed by atoms with Crippen LogP contribution in [0, 0.1) is 33.1 Å². The Balaban J connectivity index is 0.714. The van der Waals surface area contributed by atoms with Crippen molar-refractivity contribution in [3.8, 4) is 15.4 Å². The van der Waals surface area contributed by atoms with Gasteiger partial charge in [0.2, 0.25) is 23.6 Å². The molecule has 0 unspecified atom stereocenters. The summed E-state index contributed by atoms with van der Waals surface area (Å²) in [6.07, 6.45) is 1.85. The molecule has 5 heterocycles. The number of rotatable bonds is 27. The van der Waals surface area contributed by atoms with Gasteiger partial charge in [-0.1, -0.05) is 68.8 Å². The molecule has 19 nitrogen and oxygen atoms in total. The number of hydrogen-bond donors (Lipinski definition) is 3. The zero-order valence-corrected chi connectivity index (χ0v) is 47.7. The zero-order chi connectivity index (χ0) is 55.2. The maximum atomic E-state index is 14.0. The number of ether oxygens (including phenoxy) is 5. The molecule has 0 bridgehead atoms. The molecule has 4 atom stereocenters. The first-order valence-corrected chi connectivity index (χ1v) is 27.9. The molecule has 3 aromatic heterocycles. The number of halogens is 1. The molecule has 5 aromatic rings. The second-order valence-electron chi connectivity index (χ2n) is 20.3. The highest BCUT2D eigenvalue weighted by Crippen LogP contribution is 2.40. The van der Waals surface area contributed by atoms with Gasteiger partial charge in [0.15, 0.2) is 5.82 Å². The number of aryl methyl sites for hydroxylation is 3. The summed E-state index contributed by atoms with van der Waals surface area (Å²) in [5.41, 5.74) is 6.19. The van der Waals surface area contributed by atoms with E-state index < -0.39 is 41.5 Å². The number of thiophene rings is 1. The van der Waals surface area contributed by atoms with Crippen LogP contribution in [0.1, 0.15) is 90.4 Å². The highest BCUT2D eigenvalue weighted by Gasteiger charge is 2.44. The van der Waals surface area contributed by atoms with Crippen molar-refractivity contribution in [2.24, 2.45) is 10.4 Å². The first kappa shape index (κ1) is 59.2. The number of benzene rings is 2. The predicted molar refractivity (Wildman–Crippen MR) is 296 cm³/mol. The topological polar surface area (TPSA) is 221 Å². The molecular weight excluding hydrogens is 1050 g/mol. The second-order valence-corrected chi connectivity index (χ2v) is 22.7. The summed E-state index contributed by atoms with van der Waals surface area (Å²) >= 11 is 9.35. The third-order valence-corrected chi connectivity index (χ3v) is 15.8. The number of amides is 4. The number of β-amino-alcohol motifs (C(OH)–C–C–N with tert-alkyl or cyclic N) is 1. The Morgan fingerprint density at radius 3 is 2.14 bits per heavy atom. The third kappa shape index (κ3) is 15.8. The Labute approximate surface area is 463 Å². The summed E-state index contributed by atoms with van der Waals surface area (Å²) in [5, 5.41) is 26.8. The van der Waals surface area contributed by atoms with E-state index in [1.54, 1.807) is 23.3 Å². The van der Waals surface area contributed by atoms with E-state index in [0.717, 1.165) is 54.8 Å². The summed E-state index contributed by atoms with van der Waals surface area (Å²) in [6, 6.07) is 13.1. The lowest BCUT2D eigenvalue weighted by Gasteiger charge is -2.35. The van der Waals surface area contributed by atoms with Crippen molar-refractivity contribution in [2.45, 2.75) is 98.5 Å². The Morgan fingerprint density at radius 2 is 1.49 bits per heavy atom. The molecule has 1 fully saturated rings. The summed E-state index contributed by atoms with van der Waals surface area (Å²) in [4.78, 5) is 64.5. The lowest BCUT2D eigenvalue weighted by atomic mass is 9.85. The van der Waals surface area contributed by atoms with Crippen LogP contribution in [0.15, 0.2) is 59.7 Å². The molecule has 4 amide bonds. The molecule has 0 saturated carbocycles. The fourth-order valence-electron chi connectivity index (χ4n) is 8.94. The summed E-state index contributed by atoms with van der Waals surface area (Å²) in [6.45, 7) is 17.2. The molecule has 3 N–H and O–H groups in total. The van der Waals surface area contributed by atoms with Crippen molar-refractivity contribution in [3.05, 3.63) is 104 Å². The third-order valence-electron chi connectivity index (χ3n) is 13.4. The van der Waals surface area contributed by atoms with E-state index in [1.165, 1.54) is 21.3 Å². The summed E-state index contributed by atoms with van der Waals surface area (Å²) in [7, 11) is 1.76. The number of carbonyl (C=O) groups excluding carboxylic acids is 4.